The van der Waals surface area contributed by atoms with Gasteiger partial charge in [-0.05, 0) is 19.8 Å². The van der Waals surface area contributed by atoms with Gasteiger partial charge in [0.1, 0.15) is 6.61 Å². The summed E-state index contributed by atoms with van der Waals surface area (Å²) in [7, 11) is 1.48. The van der Waals surface area contributed by atoms with Crippen LogP contribution >= 0.6 is 0 Å². The predicted octanol–water partition coefficient (Wildman–Crippen LogP) is 0.594. The molecular formula is C13H23NO5. The minimum Gasteiger partial charge on any atom is -0.466 e. The third-order valence-corrected chi connectivity index (χ3v) is 2.96. The van der Waals surface area contributed by atoms with Crippen LogP contribution < -0.4 is 0 Å². The normalized spacial score (nSPS) is 18.3. The molecule has 1 atom stereocenters. The molecule has 1 aliphatic heterocycles. The van der Waals surface area contributed by atoms with Crippen LogP contribution in [0.4, 0.5) is 0 Å². The Bertz CT molecular complexity index is 289. The summed E-state index contributed by atoms with van der Waals surface area (Å²) in [6.45, 7) is 3.75. The van der Waals surface area contributed by atoms with Crippen molar-refractivity contribution in [2.45, 2.75) is 32.3 Å². The van der Waals surface area contributed by atoms with Gasteiger partial charge in [-0.1, -0.05) is 0 Å². The summed E-state index contributed by atoms with van der Waals surface area (Å²) in [5, 5.41) is 0. The Balaban J connectivity index is 2.43. The van der Waals surface area contributed by atoms with Gasteiger partial charge in [-0.2, -0.15) is 0 Å². The predicted molar refractivity (Wildman–Crippen MR) is 68.7 cm³/mol. The zero-order valence-electron chi connectivity index (χ0n) is 11.7. The van der Waals surface area contributed by atoms with E-state index in [2.05, 4.69) is 0 Å². The SMILES string of the molecule is CCOC(=O)CCN(CC1CCCO1)C(=O)COC. The second kappa shape index (κ2) is 8.87. The van der Waals surface area contributed by atoms with E-state index >= 15 is 0 Å². The van der Waals surface area contributed by atoms with Gasteiger partial charge in [-0.25, -0.2) is 0 Å². The summed E-state index contributed by atoms with van der Waals surface area (Å²) in [6.07, 6.45) is 2.25. The third-order valence-electron chi connectivity index (χ3n) is 2.96. The van der Waals surface area contributed by atoms with Crippen LogP contribution in [0.25, 0.3) is 0 Å². The minimum absolute atomic E-state index is 0.0234. The maximum absolute atomic E-state index is 11.9. The van der Waals surface area contributed by atoms with Crippen molar-refractivity contribution in [2.24, 2.45) is 0 Å². The van der Waals surface area contributed by atoms with Crippen LogP contribution in [-0.4, -0.2) is 62.9 Å². The summed E-state index contributed by atoms with van der Waals surface area (Å²) in [6, 6.07) is 0. The second-order valence-corrected chi connectivity index (χ2v) is 4.46. The third kappa shape index (κ3) is 6.02. The lowest BCUT2D eigenvalue weighted by Crippen LogP contribution is -2.40. The summed E-state index contributed by atoms with van der Waals surface area (Å²) in [4.78, 5) is 24.9. The van der Waals surface area contributed by atoms with Gasteiger partial charge >= 0.3 is 5.97 Å². The van der Waals surface area contributed by atoms with Crippen LogP contribution in [0, 0.1) is 0 Å². The van der Waals surface area contributed by atoms with E-state index in [-0.39, 0.29) is 31.0 Å². The van der Waals surface area contributed by atoms with E-state index in [1.165, 1.54) is 7.11 Å². The molecule has 19 heavy (non-hydrogen) atoms. The lowest BCUT2D eigenvalue weighted by Gasteiger charge is -2.24. The van der Waals surface area contributed by atoms with Gasteiger partial charge in [0.05, 0.1) is 19.1 Å². The number of methoxy groups -OCH3 is 1. The summed E-state index contributed by atoms with van der Waals surface area (Å²) < 4.78 is 15.2. The number of ether oxygens (including phenoxy) is 3. The molecule has 1 rings (SSSR count). The molecule has 6 nitrogen and oxygen atoms in total. The fourth-order valence-corrected chi connectivity index (χ4v) is 2.03. The molecule has 1 aliphatic rings. The molecule has 0 radical (unpaired) electrons. The van der Waals surface area contributed by atoms with Gasteiger partial charge < -0.3 is 19.1 Å². The molecule has 0 aromatic rings. The summed E-state index contributed by atoms with van der Waals surface area (Å²) >= 11 is 0. The summed E-state index contributed by atoms with van der Waals surface area (Å²) in [5.41, 5.74) is 0. The lowest BCUT2D eigenvalue weighted by atomic mass is 10.2. The average molecular weight is 273 g/mol. The van der Waals surface area contributed by atoms with Crippen LogP contribution in [0.1, 0.15) is 26.2 Å². The van der Waals surface area contributed by atoms with Gasteiger partial charge in [0, 0.05) is 26.8 Å². The van der Waals surface area contributed by atoms with E-state index in [1.807, 2.05) is 0 Å². The van der Waals surface area contributed by atoms with Crippen LogP contribution in [0.3, 0.4) is 0 Å². The van der Waals surface area contributed by atoms with E-state index in [1.54, 1.807) is 11.8 Å². The Morgan fingerprint density at radius 3 is 2.79 bits per heavy atom. The molecule has 1 saturated heterocycles. The van der Waals surface area contributed by atoms with E-state index < -0.39 is 0 Å². The van der Waals surface area contributed by atoms with Gasteiger partial charge in [0.2, 0.25) is 5.91 Å². The van der Waals surface area contributed by atoms with Gasteiger partial charge in [-0.3, -0.25) is 9.59 Å². The average Bonchev–Trinajstić information content (AvgIpc) is 2.88. The van der Waals surface area contributed by atoms with Crippen molar-refractivity contribution in [3.05, 3.63) is 0 Å². The fourth-order valence-electron chi connectivity index (χ4n) is 2.03. The second-order valence-electron chi connectivity index (χ2n) is 4.46. The molecule has 0 saturated carbocycles. The number of amides is 1. The first-order valence-corrected chi connectivity index (χ1v) is 6.71. The molecule has 0 bridgehead atoms. The number of hydrogen-bond acceptors (Lipinski definition) is 5. The Labute approximate surface area is 114 Å². The highest BCUT2D eigenvalue weighted by Gasteiger charge is 2.23. The number of esters is 1. The Kier molecular flexibility index (Phi) is 7.43. The number of hydrogen-bond donors (Lipinski definition) is 0. The zero-order valence-corrected chi connectivity index (χ0v) is 11.7. The highest BCUT2D eigenvalue weighted by molar-refractivity contribution is 5.78. The summed E-state index contributed by atoms with van der Waals surface area (Å²) in [5.74, 6) is -0.410. The Morgan fingerprint density at radius 2 is 2.21 bits per heavy atom. The maximum atomic E-state index is 11.9. The molecule has 1 amide bonds. The van der Waals surface area contributed by atoms with Crippen molar-refractivity contribution in [3.8, 4) is 0 Å². The van der Waals surface area contributed by atoms with Gasteiger partial charge in [0.25, 0.3) is 0 Å². The topological polar surface area (TPSA) is 65.1 Å². The van der Waals surface area contributed by atoms with E-state index in [0.717, 1.165) is 19.4 Å². The first kappa shape index (κ1) is 15.9. The molecule has 0 N–H and O–H groups in total. The van der Waals surface area contributed by atoms with Crippen molar-refractivity contribution in [1.29, 1.82) is 0 Å². The molecule has 1 fully saturated rings. The van der Waals surface area contributed by atoms with Crippen LogP contribution in [-0.2, 0) is 23.8 Å². The van der Waals surface area contributed by atoms with Gasteiger partial charge in [0.15, 0.2) is 0 Å². The molecule has 6 heteroatoms. The van der Waals surface area contributed by atoms with Crippen molar-refractivity contribution in [2.75, 3.05) is 40.0 Å². The maximum Gasteiger partial charge on any atom is 0.307 e. The molecule has 110 valence electrons. The molecule has 1 unspecified atom stereocenters. The minimum atomic E-state index is -0.287. The van der Waals surface area contributed by atoms with E-state index in [9.17, 15) is 9.59 Å². The standard InChI is InChI=1S/C13H23NO5/c1-3-18-13(16)6-7-14(12(15)10-17-2)9-11-5-4-8-19-11/h11H,3-10H2,1-2H3. The van der Waals surface area contributed by atoms with E-state index in [0.29, 0.717) is 19.7 Å². The smallest absolute Gasteiger partial charge is 0.307 e. The molecular weight excluding hydrogens is 250 g/mol. The largest absolute Gasteiger partial charge is 0.466 e. The van der Waals surface area contributed by atoms with Crippen molar-refractivity contribution >= 4 is 11.9 Å². The molecule has 0 spiro atoms. The quantitative estimate of drug-likeness (QED) is 0.606. The molecule has 0 aliphatic carbocycles. The monoisotopic (exact) mass is 273 g/mol. The van der Waals surface area contributed by atoms with E-state index in [4.69, 9.17) is 14.2 Å². The Hall–Kier alpha value is -1.14. The molecule has 0 aromatic heterocycles. The highest BCUT2D eigenvalue weighted by atomic mass is 16.5. The van der Waals surface area contributed by atoms with Crippen LogP contribution in [0.5, 0.6) is 0 Å². The lowest BCUT2D eigenvalue weighted by molar-refractivity contribution is -0.145. The fraction of sp³-hybridized carbons (Fsp3) is 0.846. The first-order valence-electron chi connectivity index (χ1n) is 6.71. The molecule has 0 aromatic carbocycles. The van der Waals surface area contributed by atoms with Crippen molar-refractivity contribution in [1.82, 2.24) is 4.90 Å². The molecule has 1 heterocycles. The number of carbonyl (C=O) groups is 2. The highest BCUT2D eigenvalue weighted by Crippen LogP contribution is 2.13. The number of rotatable bonds is 8. The van der Waals surface area contributed by atoms with Crippen molar-refractivity contribution in [3.63, 3.8) is 0 Å². The van der Waals surface area contributed by atoms with Crippen molar-refractivity contribution < 1.29 is 23.8 Å². The van der Waals surface area contributed by atoms with Gasteiger partial charge in [-0.15, -0.1) is 0 Å². The van der Waals surface area contributed by atoms with Crippen LogP contribution in [0.2, 0.25) is 0 Å². The van der Waals surface area contributed by atoms with Crippen LogP contribution in [0.15, 0.2) is 0 Å². The number of carbonyl (C=O) groups excluding carboxylic acids is 2. The number of nitrogens with zero attached hydrogens (tertiary/aromatic N) is 1. The first-order chi connectivity index (χ1) is 9.17. The Morgan fingerprint density at radius 1 is 1.42 bits per heavy atom. The zero-order chi connectivity index (χ0) is 14.1.